The minimum atomic E-state index is 0.0955. The average molecular weight is 260 g/mol. The lowest BCUT2D eigenvalue weighted by Crippen LogP contribution is -2.16. The summed E-state index contributed by atoms with van der Waals surface area (Å²) in [5.74, 6) is 0.908. The lowest BCUT2D eigenvalue weighted by molar-refractivity contribution is 0.570. The van der Waals surface area contributed by atoms with Gasteiger partial charge in [0.25, 0.3) is 0 Å². The Morgan fingerprint density at radius 2 is 1.78 bits per heavy atom. The van der Waals surface area contributed by atoms with Gasteiger partial charge in [-0.3, -0.25) is 0 Å². The summed E-state index contributed by atoms with van der Waals surface area (Å²) in [6.45, 7) is 8.76. The molecule has 0 spiro atoms. The van der Waals surface area contributed by atoms with Crippen LogP contribution in [0.1, 0.15) is 55.6 Å². The third-order valence-corrected chi connectivity index (χ3v) is 4.82. The summed E-state index contributed by atoms with van der Waals surface area (Å²) >= 11 is 1.89. The Balaban J connectivity index is 2.37. The second kappa shape index (κ2) is 4.02. The first-order valence-electron chi connectivity index (χ1n) is 6.76. The van der Waals surface area contributed by atoms with Crippen LogP contribution in [-0.4, -0.2) is 9.97 Å². The van der Waals surface area contributed by atoms with Crippen molar-refractivity contribution >= 4 is 21.6 Å². The van der Waals surface area contributed by atoms with E-state index in [1.807, 2.05) is 18.3 Å². The fraction of sp³-hybridized carbons (Fsp3) is 0.600. The SMILES string of the molecule is Cc1nc(C(C)(C)C)c2c3c(sc2n1)CCCC3. The Kier molecular flexibility index (Phi) is 2.70. The van der Waals surface area contributed by atoms with Crippen molar-refractivity contribution in [3.8, 4) is 0 Å². The predicted molar refractivity (Wildman–Crippen MR) is 77.5 cm³/mol. The topological polar surface area (TPSA) is 25.8 Å². The molecular weight excluding hydrogens is 240 g/mol. The lowest BCUT2D eigenvalue weighted by atomic mass is 9.86. The van der Waals surface area contributed by atoms with Crippen molar-refractivity contribution in [2.75, 3.05) is 0 Å². The molecule has 1 aliphatic carbocycles. The molecule has 2 aromatic rings. The second-order valence-electron chi connectivity index (χ2n) is 6.26. The number of rotatable bonds is 0. The third kappa shape index (κ3) is 1.85. The van der Waals surface area contributed by atoms with E-state index in [2.05, 4.69) is 25.8 Å². The van der Waals surface area contributed by atoms with Crippen molar-refractivity contribution in [3.05, 3.63) is 22.0 Å². The maximum Gasteiger partial charge on any atom is 0.127 e. The van der Waals surface area contributed by atoms with E-state index in [0.717, 1.165) is 5.82 Å². The molecule has 0 N–H and O–H groups in total. The number of hydrogen-bond donors (Lipinski definition) is 0. The third-order valence-electron chi connectivity index (χ3n) is 3.64. The summed E-state index contributed by atoms with van der Waals surface area (Å²) in [6.07, 6.45) is 5.09. The van der Waals surface area contributed by atoms with Gasteiger partial charge in [-0.25, -0.2) is 9.97 Å². The molecule has 0 amide bonds. The summed E-state index contributed by atoms with van der Waals surface area (Å²) in [5, 5.41) is 1.37. The molecule has 18 heavy (non-hydrogen) atoms. The van der Waals surface area contributed by atoms with Crippen LogP contribution in [0, 0.1) is 6.92 Å². The van der Waals surface area contributed by atoms with Crippen LogP contribution in [-0.2, 0) is 18.3 Å². The van der Waals surface area contributed by atoms with E-state index in [1.165, 1.54) is 41.6 Å². The highest BCUT2D eigenvalue weighted by molar-refractivity contribution is 7.18. The van der Waals surface area contributed by atoms with Gasteiger partial charge in [0.15, 0.2) is 0 Å². The van der Waals surface area contributed by atoms with E-state index in [1.54, 1.807) is 10.4 Å². The molecule has 0 saturated carbocycles. The van der Waals surface area contributed by atoms with Gasteiger partial charge in [-0.15, -0.1) is 11.3 Å². The fourth-order valence-corrected chi connectivity index (χ4v) is 4.11. The first kappa shape index (κ1) is 12.1. The molecule has 0 aromatic carbocycles. The van der Waals surface area contributed by atoms with E-state index < -0.39 is 0 Å². The Morgan fingerprint density at radius 3 is 2.50 bits per heavy atom. The van der Waals surface area contributed by atoms with Gasteiger partial charge in [0.1, 0.15) is 10.7 Å². The number of fused-ring (bicyclic) bond motifs is 3. The molecule has 3 rings (SSSR count). The van der Waals surface area contributed by atoms with Crippen LogP contribution in [0.5, 0.6) is 0 Å². The summed E-state index contributed by atoms with van der Waals surface area (Å²) in [5.41, 5.74) is 2.88. The zero-order chi connectivity index (χ0) is 12.9. The zero-order valence-corrected chi connectivity index (χ0v) is 12.4. The monoisotopic (exact) mass is 260 g/mol. The van der Waals surface area contributed by atoms with E-state index in [9.17, 15) is 0 Å². The maximum absolute atomic E-state index is 4.75. The van der Waals surface area contributed by atoms with E-state index in [4.69, 9.17) is 4.98 Å². The van der Waals surface area contributed by atoms with E-state index in [0.29, 0.717) is 0 Å². The largest absolute Gasteiger partial charge is 0.237 e. The van der Waals surface area contributed by atoms with Crippen molar-refractivity contribution in [2.24, 2.45) is 0 Å². The Labute approximate surface area is 112 Å². The number of hydrogen-bond acceptors (Lipinski definition) is 3. The quantitative estimate of drug-likeness (QED) is 0.710. The maximum atomic E-state index is 4.75. The summed E-state index contributed by atoms with van der Waals surface area (Å²) in [7, 11) is 0. The molecule has 0 fully saturated rings. The molecule has 2 nitrogen and oxygen atoms in total. The van der Waals surface area contributed by atoms with Crippen LogP contribution >= 0.6 is 11.3 Å². The molecule has 0 atom stereocenters. The van der Waals surface area contributed by atoms with Crippen LogP contribution in [0.3, 0.4) is 0 Å². The molecule has 0 radical (unpaired) electrons. The predicted octanol–water partition coefficient (Wildman–Crippen LogP) is 4.18. The van der Waals surface area contributed by atoms with Crippen molar-refractivity contribution in [1.29, 1.82) is 0 Å². The molecule has 96 valence electrons. The summed E-state index contributed by atoms with van der Waals surface area (Å²) in [6, 6.07) is 0. The number of aryl methyl sites for hydroxylation is 3. The smallest absolute Gasteiger partial charge is 0.127 e. The molecule has 0 bridgehead atoms. The molecule has 0 saturated heterocycles. The minimum absolute atomic E-state index is 0.0955. The Morgan fingerprint density at radius 1 is 1.06 bits per heavy atom. The van der Waals surface area contributed by atoms with Crippen LogP contribution in [0.25, 0.3) is 10.2 Å². The Bertz CT molecular complexity index is 605. The van der Waals surface area contributed by atoms with Gasteiger partial charge in [0.2, 0.25) is 0 Å². The van der Waals surface area contributed by atoms with Gasteiger partial charge >= 0.3 is 0 Å². The van der Waals surface area contributed by atoms with Crippen molar-refractivity contribution < 1.29 is 0 Å². The standard InChI is InChI=1S/C15H20N2S/c1-9-16-13(15(2,3)4)12-10-7-5-6-8-11(10)18-14(12)17-9/h5-8H2,1-4H3. The van der Waals surface area contributed by atoms with Crippen LogP contribution in [0.2, 0.25) is 0 Å². The highest BCUT2D eigenvalue weighted by Gasteiger charge is 2.26. The summed E-state index contributed by atoms with van der Waals surface area (Å²) < 4.78 is 0. The van der Waals surface area contributed by atoms with Crippen LogP contribution in [0.15, 0.2) is 0 Å². The number of nitrogens with zero attached hydrogens (tertiary/aromatic N) is 2. The summed E-state index contributed by atoms with van der Waals surface area (Å²) in [4.78, 5) is 12.2. The normalized spacial score (nSPS) is 16.0. The van der Waals surface area contributed by atoms with Gasteiger partial charge in [-0.1, -0.05) is 20.8 Å². The molecule has 2 aromatic heterocycles. The fourth-order valence-electron chi connectivity index (χ4n) is 2.81. The van der Waals surface area contributed by atoms with Gasteiger partial charge in [-0.05, 0) is 38.2 Å². The number of aromatic nitrogens is 2. The van der Waals surface area contributed by atoms with Gasteiger partial charge < -0.3 is 0 Å². The molecule has 3 heteroatoms. The van der Waals surface area contributed by atoms with Gasteiger partial charge in [-0.2, -0.15) is 0 Å². The molecule has 0 aliphatic heterocycles. The van der Waals surface area contributed by atoms with E-state index in [-0.39, 0.29) is 5.41 Å². The highest BCUT2D eigenvalue weighted by Crippen LogP contribution is 2.39. The minimum Gasteiger partial charge on any atom is -0.237 e. The zero-order valence-electron chi connectivity index (χ0n) is 11.6. The first-order valence-corrected chi connectivity index (χ1v) is 7.58. The highest BCUT2D eigenvalue weighted by atomic mass is 32.1. The second-order valence-corrected chi connectivity index (χ2v) is 7.34. The Hall–Kier alpha value is -0.960. The first-order chi connectivity index (χ1) is 8.47. The van der Waals surface area contributed by atoms with Crippen LogP contribution < -0.4 is 0 Å². The van der Waals surface area contributed by atoms with E-state index >= 15 is 0 Å². The van der Waals surface area contributed by atoms with Crippen LogP contribution in [0.4, 0.5) is 0 Å². The van der Waals surface area contributed by atoms with Crippen molar-refractivity contribution in [1.82, 2.24) is 9.97 Å². The molecule has 2 heterocycles. The van der Waals surface area contributed by atoms with Gasteiger partial charge in [0.05, 0.1) is 5.69 Å². The molecule has 1 aliphatic rings. The van der Waals surface area contributed by atoms with Gasteiger partial charge in [0, 0.05) is 15.7 Å². The van der Waals surface area contributed by atoms with Crippen molar-refractivity contribution in [3.63, 3.8) is 0 Å². The number of thiophene rings is 1. The molecule has 0 unspecified atom stereocenters. The molecular formula is C15H20N2S. The van der Waals surface area contributed by atoms with Crippen molar-refractivity contribution in [2.45, 2.75) is 58.8 Å². The lowest BCUT2D eigenvalue weighted by Gasteiger charge is -2.20. The average Bonchev–Trinajstić information content (AvgIpc) is 2.64.